The van der Waals surface area contributed by atoms with Crippen molar-refractivity contribution in [3.05, 3.63) is 57.3 Å². The fraction of sp³-hybridized carbons (Fsp3) is 0.538. The molecule has 0 spiro atoms. The van der Waals surface area contributed by atoms with Crippen molar-refractivity contribution in [1.82, 2.24) is 14.9 Å². The second-order valence-electron chi connectivity index (χ2n) is 9.96. The zero-order valence-electron chi connectivity index (χ0n) is 21.4. The maximum atomic E-state index is 15.0. The third-order valence-corrected chi connectivity index (χ3v) is 8.54. The molecule has 196 valence electrons. The second-order valence-corrected chi connectivity index (χ2v) is 11.8. The zero-order chi connectivity index (χ0) is 26.2. The monoisotopic (exact) mass is 517 g/mol. The van der Waals surface area contributed by atoms with Crippen molar-refractivity contribution < 1.29 is 17.6 Å². The molecule has 1 aromatic carbocycles. The summed E-state index contributed by atoms with van der Waals surface area (Å²) in [5.74, 6) is -0.270. The predicted molar refractivity (Wildman–Crippen MR) is 140 cm³/mol. The lowest BCUT2D eigenvalue weighted by Crippen LogP contribution is -2.44. The van der Waals surface area contributed by atoms with Crippen molar-refractivity contribution in [1.29, 1.82) is 0 Å². The van der Waals surface area contributed by atoms with Gasteiger partial charge in [0, 0.05) is 43.1 Å². The summed E-state index contributed by atoms with van der Waals surface area (Å²) in [7, 11) is -3.55. The molecule has 0 aromatic heterocycles. The highest BCUT2D eigenvalue weighted by molar-refractivity contribution is 7.89. The number of amidine groups is 1. The molecule has 4 N–H and O–H groups in total. The zero-order valence-corrected chi connectivity index (χ0v) is 22.3. The molecular formula is C26H36FN5O3S. The van der Waals surface area contributed by atoms with Gasteiger partial charge in [-0.25, -0.2) is 18.1 Å². The first-order valence-electron chi connectivity index (χ1n) is 12.7. The van der Waals surface area contributed by atoms with Gasteiger partial charge in [-0.1, -0.05) is 19.9 Å². The number of nitrogens with two attached hydrogens (primary N) is 1. The summed E-state index contributed by atoms with van der Waals surface area (Å²) in [5.41, 5.74) is 11.9. The van der Waals surface area contributed by atoms with Gasteiger partial charge in [-0.2, -0.15) is 4.39 Å². The fourth-order valence-corrected chi connectivity index (χ4v) is 6.44. The molecule has 1 unspecified atom stereocenters. The standard InChI is InChI=1S/C26H36FN5O3S/c1-5-16-11-18-7-8-22(33)20(18)12-19(16)14-23-29-24-21(28)13-17(6-2)25(27)30-26(24)32(23)9-10-36(34,35)31-15(3)4/h11-12,15,23,29,31H,5-10,13-14,28H2,1-4H3. The lowest BCUT2D eigenvalue weighted by atomic mass is 9.95. The fourth-order valence-electron chi connectivity index (χ4n) is 5.17. The molecule has 4 rings (SSSR count). The number of rotatable bonds is 9. The van der Waals surface area contributed by atoms with Gasteiger partial charge in [-0.3, -0.25) is 4.79 Å². The van der Waals surface area contributed by atoms with E-state index in [1.807, 2.05) is 13.0 Å². The number of carbonyl (C=O) groups excluding carboxylic acids is 1. The van der Waals surface area contributed by atoms with Crippen LogP contribution in [0, 0.1) is 0 Å². The Morgan fingerprint density at radius 1 is 1.22 bits per heavy atom. The van der Waals surface area contributed by atoms with E-state index in [0.29, 0.717) is 42.1 Å². The molecule has 10 heteroatoms. The molecule has 0 bridgehead atoms. The van der Waals surface area contributed by atoms with E-state index < -0.39 is 16.0 Å². The lowest BCUT2D eigenvalue weighted by Gasteiger charge is -2.27. The largest absolute Gasteiger partial charge is 0.400 e. The van der Waals surface area contributed by atoms with E-state index in [2.05, 4.69) is 28.0 Å². The summed E-state index contributed by atoms with van der Waals surface area (Å²) in [5, 5.41) is 3.41. The van der Waals surface area contributed by atoms with Crippen LogP contribution in [0.2, 0.25) is 0 Å². The number of hydrogen-bond acceptors (Lipinski definition) is 7. The molecule has 0 saturated carbocycles. The van der Waals surface area contributed by atoms with E-state index in [0.717, 1.165) is 35.1 Å². The molecule has 2 aliphatic heterocycles. The first-order chi connectivity index (χ1) is 17.0. The van der Waals surface area contributed by atoms with E-state index >= 15 is 0 Å². The van der Waals surface area contributed by atoms with Crippen LogP contribution in [0.1, 0.15) is 74.0 Å². The number of nitrogens with one attached hydrogen (secondary N) is 2. The van der Waals surface area contributed by atoms with Crippen molar-refractivity contribution in [3.63, 3.8) is 0 Å². The molecule has 0 amide bonds. The third kappa shape index (κ3) is 5.34. The summed E-state index contributed by atoms with van der Waals surface area (Å²) < 4.78 is 42.9. The average molecular weight is 518 g/mol. The number of nitrogens with zero attached hydrogens (tertiary/aromatic N) is 2. The van der Waals surface area contributed by atoms with Gasteiger partial charge in [0.2, 0.25) is 16.0 Å². The van der Waals surface area contributed by atoms with Gasteiger partial charge >= 0.3 is 0 Å². The number of ketones is 1. The van der Waals surface area contributed by atoms with Crippen LogP contribution in [0.5, 0.6) is 0 Å². The number of carbonyl (C=O) groups is 1. The van der Waals surface area contributed by atoms with E-state index in [9.17, 15) is 17.6 Å². The van der Waals surface area contributed by atoms with Crippen LogP contribution in [-0.4, -0.2) is 49.4 Å². The van der Waals surface area contributed by atoms with Crippen LogP contribution in [0.4, 0.5) is 4.39 Å². The molecule has 1 aliphatic carbocycles. The lowest BCUT2D eigenvalue weighted by molar-refractivity contribution is 0.0994. The predicted octanol–water partition coefficient (Wildman–Crippen LogP) is 3.04. The SMILES string of the molecule is CCC1=C(F)N=C2C(=C(N)C1)NC(Cc1cc3c(cc1CC)CCC3=O)N2CCS(=O)(=O)NC(C)C. The molecule has 0 radical (unpaired) electrons. The number of fused-ring (bicyclic) bond motifs is 2. The van der Waals surface area contributed by atoms with Gasteiger partial charge in [0.15, 0.2) is 11.6 Å². The minimum atomic E-state index is -3.55. The first-order valence-corrected chi connectivity index (χ1v) is 14.3. The molecule has 2 heterocycles. The number of sulfonamides is 1. The van der Waals surface area contributed by atoms with Crippen LogP contribution in [0.3, 0.4) is 0 Å². The first kappa shape index (κ1) is 26.3. The number of allylic oxidation sites excluding steroid dienone is 1. The molecule has 1 atom stereocenters. The van der Waals surface area contributed by atoms with Gasteiger partial charge < -0.3 is 16.0 Å². The highest BCUT2D eigenvalue weighted by Gasteiger charge is 2.37. The van der Waals surface area contributed by atoms with E-state index in [-0.39, 0.29) is 36.7 Å². The Balaban J connectivity index is 1.71. The summed E-state index contributed by atoms with van der Waals surface area (Å²) in [6, 6.07) is 3.86. The Kier molecular flexibility index (Phi) is 7.56. The molecule has 1 aromatic rings. The van der Waals surface area contributed by atoms with Crippen molar-refractivity contribution in [3.8, 4) is 0 Å². The molecule has 36 heavy (non-hydrogen) atoms. The number of aryl methyl sites for hydroxylation is 2. The summed E-state index contributed by atoms with van der Waals surface area (Å²) in [4.78, 5) is 18.5. The molecule has 8 nitrogen and oxygen atoms in total. The summed E-state index contributed by atoms with van der Waals surface area (Å²) >= 11 is 0. The number of hydrogen-bond donors (Lipinski definition) is 3. The maximum absolute atomic E-state index is 15.0. The van der Waals surface area contributed by atoms with Crippen LogP contribution >= 0.6 is 0 Å². The van der Waals surface area contributed by atoms with Crippen molar-refractivity contribution in [2.75, 3.05) is 12.3 Å². The van der Waals surface area contributed by atoms with Crippen LogP contribution < -0.4 is 15.8 Å². The Morgan fingerprint density at radius 3 is 2.64 bits per heavy atom. The molecule has 1 fully saturated rings. The van der Waals surface area contributed by atoms with Gasteiger partial charge in [-0.05, 0) is 61.4 Å². The highest BCUT2D eigenvalue weighted by Crippen LogP contribution is 2.32. The number of Topliss-reactive ketones (excluding diaryl/α,β-unsaturated/α-hetero) is 1. The number of halogens is 1. The molecule has 3 aliphatic rings. The third-order valence-electron chi connectivity index (χ3n) is 6.99. The van der Waals surface area contributed by atoms with Crippen molar-refractivity contribution in [2.45, 2.75) is 78.4 Å². The second kappa shape index (κ2) is 10.3. The Hall–Kier alpha value is -2.72. The van der Waals surface area contributed by atoms with Crippen LogP contribution in [-0.2, 0) is 29.3 Å². The van der Waals surface area contributed by atoms with Gasteiger partial charge in [0.1, 0.15) is 6.17 Å². The Morgan fingerprint density at radius 2 is 1.97 bits per heavy atom. The quantitative estimate of drug-likeness (QED) is 0.434. The number of aliphatic imine (C=N–C) groups is 1. The summed E-state index contributed by atoms with van der Waals surface area (Å²) in [6.45, 7) is 7.57. The van der Waals surface area contributed by atoms with Gasteiger partial charge in [-0.15, -0.1) is 0 Å². The van der Waals surface area contributed by atoms with Crippen molar-refractivity contribution >= 4 is 21.6 Å². The van der Waals surface area contributed by atoms with Crippen LogP contribution in [0.25, 0.3) is 0 Å². The Labute approximate surface area is 213 Å². The van der Waals surface area contributed by atoms with E-state index in [1.54, 1.807) is 18.7 Å². The smallest absolute Gasteiger partial charge is 0.214 e. The number of benzene rings is 1. The molecule has 1 saturated heterocycles. The van der Waals surface area contributed by atoms with E-state index in [1.165, 1.54) is 0 Å². The maximum Gasteiger partial charge on any atom is 0.214 e. The highest BCUT2D eigenvalue weighted by atomic mass is 32.2. The van der Waals surface area contributed by atoms with Crippen molar-refractivity contribution in [2.24, 2.45) is 10.7 Å². The minimum absolute atomic E-state index is 0.107. The average Bonchev–Trinajstić information content (AvgIpc) is 3.30. The topological polar surface area (TPSA) is 117 Å². The van der Waals surface area contributed by atoms with Crippen LogP contribution in [0.15, 0.2) is 40.0 Å². The van der Waals surface area contributed by atoms with E-state index in [4.69, 9.17) is 5.73 Å². The Bertz CT molecular complexity index is 1270. The normalized spacial score (nSPS) is 20.1. The molecular weight excluding hydrogens is 481 g/mol. The summed E-state index contributed by atoms with van der Waals surface area (Å²) in [6.07, 6.45) is 2.95. The minimum Gasteiger partial charge on any atom is -0.400 e. The van der Waals surface area contributed by atoms with Gasteiger partial charge in [0.05, 0.1) is 11.4 Å². The van der Waals surface area contributed by atoms with Gasteiger partial charge in [0.25, 0.3) is 0 Å².